The van der Waals surface area contributed by atoms with Crippen molar-refractivity contribution >= 4 is 11.9 Å². The molecule has 3 aliphatic carbocycles. The number of hydrogen-bond acceptors (Lipinski definition) is 4. The Hall–Kier alpha value is -1.06. The molecule has 4 rings (SSSR count). The van der Waals surface area contributed by atoms with E-state index in [1.165, 1.54) is 0 Å². The molecular formula is C13H19NO3. The minimum atomic E-state index is -0.200. The highest BCUT2D eigenvalue weighted by molar-refractivity contribution is 5.94. The zero-order valence-electron chi connectivity index (χ0n) is 10.7. The van der Waals surface area contributed by atoms with Crippen LogP contribution in [0.4, 0.5) is 0 Å². The Balaban J connectivity index is 1.67. The Kier molecular flexibility index (Phi) is 1.97. The van der Waals surface area contributed by atoms with E-state index in [0.717, 1.165) is 25.2 Å². The van der Waals surface area contributed by atoms with E-state index in [2.05, 4.69) is 18.8 Å². The molecule has 0 aromatic carbocycles. The van der Waals surface area contributed by atoms with Crippen LogP contribution in [0.5, 0.6) is 0 Å². The molecule has 0 saturated heterocycles. The lowest BCUT2D eigenvalue weighted by atomic mass is 9.35. The molecule has 2 bridgehead atoms. The summed E-state index contributed by atoms with van der Waals surface area (Å²) in [5.74, 6) is 0.855. The van der Waals surface area contributed by atoms with E-state index < -0.39 is 0 Å². The number of nitrogens with zero attached hydrogens (tertiary/aromatic N) is 1. The number of carbonyl (C=O) groups is 1. The van der Waals surface area contributed by atoms with Gasteiger partial charge in [0.25, 0.3) is 0 Å². The Morgan fingerprint density at radius 2 is 2.06 bits per heavy atom. The third kappa shape index (κ3) is 1.36. The normalized spacial score (nSPS) is 40.8. The molecule has 0 radical (unpaired) electrons. The molecule has 4 nitrogen and oxygen atoms in total. The van der Waals surface area contributed by atoms with Crippen molar-refractivity contribution in [2.75, 3.05) is 13.2 Å². The predicted molar refractivity (Wildman–Crippen MR) is 62.8 cm³/mol. The van der Waals surface area contributed by atoms with Crippen LogP contribution in [0.3, 0.4) is 0 Å². The molecule has 0 aromatic rings. The maximum absolute atomic E-state index is 11.8. The standard InChI is InChI=1S/C13H19NO3/c1-4-16-10(15)13-5-12(6-13,7-13)9-14-11(2,3)8-17-9/h4-8H2,1-3H3. The van der Waals surface area contributed by atoms with E-state index in [1.807, 2.05) is 6.92 Å². The maximum Gasteiger partial charge on any atom is 0.312 e. The first kappa shape index (κ1) is 11.1. The molecule has 4 heteroatoms. The Labute approximate surface area is 101 Å². The molecule has 0 unspecified atom stereocenters. The number of hydrogen-bond donors (Lipinski definition) is 0. The number of esters is 1. The van der Waals surface area contributed by atoms with Crippen LogP contribution in [0.25, 0.3) is 0 Å². The molecule has 4 aliphatic rings. The maximum atomic E-state index is 11.8. The van der Waals surface area contributed by atoms with Gasteiger partial charge in [0.05, 0.1) is 17.6 Å². The summed E-state index contributed by atoms with van der Waals surface area (Å²) >= 11 is 0. The highest BCUT2D eigenvalue weighted by Crippen LogP contribution is 2.74. The number of carbonyl (C=O) groups excluding carboxylic acids is 1. The SMILES string of the molecule is CCOC(=O)C12CC(C3=NC(C)(C)CO3)(C1)C2. The van der Waals surface area contributed by atoms with Crippen LogP contribution in [-0.2, 0) is 14.3 Å². The van der Waals surface area contributed by atoms with E-state index in [1.54, 1.807) is 0 Å². The quantitative estimate of drug-likeness (QED) is 0.705. The van der Waals surface area contributed by atoms with Crippen LogP contribution in [0, 0.1) is 10.8 Å². The zero-order valence-corrected chi connectivity index (χ0v) is 10.7. The first-order valence-corrected chi connectivity index (χ1v) is 6.32. The van der Waals surface area contributed by atoms with Gasteiger partial charge in [-0.05, 0) is 40.0 Å². The topological polar surface area (TPSA) is 47.9 Å². The summed E-state index contributed by atoms with van der Waals surface area (Å²) in [5.41, 5.74) is -0.225. The van der Waals surface area contributed by atoms with Gasteiger partial charge in [0.1, 0.15) is 6.61 Å². The van der Waals surface area contributed by atoms with Crippen LogP contribution in [-0.4, -0.2) is 30.6 Å². The molecule has 0 N–H and O–H groups in total. The van der Waals surface area contributed by atoms with E-state index in [9.17, 15) is 4.79 Å². The predicted octanol–water partition coefficient (Wildman–Crippen LogP) is 1.93. The summed E-state index contributed by atoms with van der Waals surface area (Å²) in [4.78, 5) is 16.4. The van der Waals surface area contributed by atoms with Crippen molar-refractivity contribution in [2.45, 2.75) is 45.6 Å². The molecule has 0 spiro atoms. The van der Waals surface area contributed by atoms with Crippen molar-refractivity contribution < 1.29 is 14.3 Å². The molecule has 0 atom stereocenters. The lowest BCUT2D eigenvalue weighted by molar-refractivity contribution is -0.208. The van der Waals surface area contributed by atoms with Gasteiger partial charge < -0.3 is 9.47 Å². The molecule has 3 saturated carbocycles. The van der Waals surface area contributed by atoms with Gasteiger partial charge in [-0.2, -0.15) is 0 Å². The highest BCUT2D eigenvalue weighted by Gasteiger charge is 2.75. The fourth-order valence-corrected chi connectivity index (χ4v) is 3.37. The van der Waals surface area contributed by atoms with Crippen molar-refractivity contribution in [1.29, 1.82) is 0 Å². The second-order valence-electron chi connectivity index (χ2n) is 6.33. The summed E-state index contributed by atoms with van der Waals surface area (Å²) in [6, 6.07) is 0. The van der Waals surface area contributed by atoms with Crippen molar-refractivity contribution in [3.63, 3.8) is 0 Å². The molecule has 1 aliphatic heterocycles. The van der Waals surface area contributed by atoms with Gasteiger partial charge in [-0.15, -0.1) is 0 Å². The van der Waals surface area contributed by atoms with Gasteiger partial charge in [0.15, 0.2) is 5.90 Å². The average molecular weight is 237 g/mol. The number of aliphatic imine (C=N–C) groups is 1. The van der Waals surface area contributed by atoms with E-state index >= 15 is 0 Å². The first-order chi connectivity index (χ1) is 7.91. The van der Waals surface area contributed by atoms with E-state index in [4.69, 9.17) is 9.47 Å². The average Bonchev–Trinajstić information content (AvgIpc) is 2.42. The van der Waals surface area contributed by atoms with Crippen molar-refractivity contribution in [2.24, 2.45) is 15.8 Å². The minimum absolute atomic E-state index is 0.0280. The summed E-state index contributed by atoms with van der Waals surface area (Å²) in [7, 11) is 0. The lowest BCUT2D eigenvalue weighted by Gasteiger charge is -2.67. The van der Waals surface area contributed by atoms with Crippen molar-refractivity contribution in [1.82, 2.24) is 0 Å². The van der Waals surface area contributed by atoms with Gasteiger partial charge in [0.2, 0.25) is 0 Å². The molecule has 0 aromatic heterocycles. The molecule has 94 valence electrons. The van der Waals surface area contributed by atoms with Crippen LogP contribution in [0.15, 0.2) is 4.99 Å². The molecular weight excluding hydrogens is 218 g/mol. The summed E-state index contributed by atoms with van der Waals surface area (Å²) < 4.78 is 10.8. The second-order valence-corrected chi connectivity index (χ2v) is 6.33. The highest BCUT2D eigenvalue weighted by atomic mass is 16.5. The minimum Gasteiger partial charge on any atom is -0.478 e. The number of ether oxygens (including phenoxy) is 2. The monoisotopic (exact) mass is 237 g/mol. The van der Waals surface area contributed by atoms with E-state index in [-0.39, 0.29) is 22.3 Å². The molecule has 0 amide bonds. The first-order valence-electron chi connectivity index (χ1n) is 6.32. The van der Waals surface area contributed by atoms with Gasteiger partial charge in [-0.3, -0.25) is 4.79 Å². The van der Waals surface area contributed by atoms with Gasteiger partial charge in [0, 0.05) is 5.41 Å². The fraction of sp³-hybridized carbons (Fsp3) is 0.846. The Morgan fingerprint density at radius 1 is 1.41 bits per heavy atom. The summed E-state index contributed by atoms with van der Waals surface area (Å²) in [6.45, 7) is 7.14. The molecule has 3 fully saturated rings. The van der Waals surface area contributed by atoms with Gasteiger partial charge in [-0.25, -0.2) is 4.99 Å². The third-order valence-electron chi connectivity index (χ3n) is 4.16. The third-order valence-corrected chi connectivity index (χ3v) is 4.16. The van der Waals surface area contributed by atoms with Crippen LogP contribution < -0.4 is 0 Å². The zero-order chi connectivity index (χ0) is 12.3. The lowest BCUT2D eigenvalue weighted by Crippen LogP contribution is -2.69. The summed E-state index contributed by atoms with van der Waals surface area (Å²) in [5, 5.41) is 0. The van der Waals surface area contributed by atoms with Crippen LogP contribution >= 0.6 is 0 Å². The van der Waals surface area contributed by atoms with Crippen LogP contribution in [0.1, 0.15) is 40.0 Å². The molecule has 17 heavy (non-hydrogen) atoms. The smallest absolute Gasteiger partial charge is 0.312 e. The molecule has 1 heterocycles. The fourth-order valence-electron chi connectivity index (χ4n) is 3.37. The Morgan fingerprint density at radius 3 is 2.53 bits per heavy atom. The van der Waals surface area contributed by atoms with Crippen molar-refractivity contribution in [3.8, 4) is 0 Å². The van der Waals surface area contributed by atoms with Gasteiger partial charge >= 0.3 is 5.97 Å². The Bertz CT molecular complexity index is 391. The van der Waals surface area contributed by atoms with Crippen molar-refractivity contribution in [3.05, 3.63) is 0 Å². The van der Waals surface area contributed by atoms with Gasteiger partial charge in [-0.1, -0.05) is 0 Å². The second kappa shape index (κ2) is 3.03. The van der Waals surface area contributed by atoms with E-state index in [0.29, 0.717) is 13.2 Å². The largest absolute Gasteiger partial charge is 0.478 e. The summed E-state index contributed by atoms with van der Waals surface area (Å²) in [6.07, 6.45) is 2.61. The van der Waals surface area contributed by atoms with Crippen LogP contribution in [0.2, 0.25) is 0 Å². The number of rotatable bonds is 3.